The van der Waals surface area contributed by atoms with E-state index in [-0.39, 0.29) is 30.0 Å². The van der Waals surface area contributed by atoms with Crippen molar-refractivity contribution in [3.8, 4) is 5.75 Å². The molecule has 3 heterocycles. The van der Waals surface area contributed by atoms with Gasteiger partial charge in [-0.05, 0) is 50.5 Å². The molecule has 0 aliphatic carbocycles. The number of aliphatic imine (C=N–C) groups is 1. The molecular weight excluding hydrogens is 529 g/mol. The number of aromatic nitrogens is 2. The second kappa shape index (κ2) is 12.1. The molecule has 0 fully saturated rings. The third-order valence-corrected chi connectivity index (χ3v) is 6.03. The topological polar surface area (TPSA) is 76.6 Å². The minimum absolute atomic E-state index is 0. The van der Waals surface area contributed by atoms with Crippen LogP contribution in [0.25, 0.3) is 0 Å². The summed E-state index contributed by atoms with van der Waals surface area (Å²) in [6.45, 7) is 6.41. The molecule has 8 heteroatoms. The Hall–Kier alpha value is -2.49. The van der Waals surface area contributed by atoms with E-state index in [1.54, 1.807) is 6.26 Å². The van der Waals surface area contributed by atoms with E-state index in [2.05, 4.69) is 41.7 Å². The van der Waals surface area contributed by atoms with Gasteiger partial charge in [0.15, 0.2) is 5.96 Å². The Kier molecular flexibility index (Phi) is 9.22. The van der Waals surface area contributed by atoms with Gasteiger partial charge in [0, 0.05) is 44.2 Å². The lowest BCUT2D eigenvalue weighted by molar-refractivity contribution is 0.261. The molecule has 0 radical (unpaired) electrons. The molecule has 0 amide bonds. The summed E-state index contributed by atoms with van der Waals surface area (Å²) in [5.41, 5.74) is 4.87. The maximum Gasteiger partial charge on any atom is 0.191 e. The molecule has 178 valence electrons. The number of ether oxygens (including phenoxy) is 1. The first kappa shape index (κ1) is 25.1. The molecule has 1 aromatic carbocycles. The van der Waals surface area contributed by atoms with Crippen molar-refractivity contribution in [2.45, 2.75) is 45.6 Å². The molecule has 7 nitrogen and oxygen atoms in total. The summed E-state index contributed by atoms with van der Waals surface area (Å²) in [6.07, 6.45) is 5.39. The van der Waals surface area contributed by atoms with E-state index >= 15 is 0 Å². The molecule has 1 aliphatic heterocycles. The van der Waals surface area contributed by atoms with Crippen LogP contribution in [0.4, 0.5) is 0 Å². The Balaban J connectivity index is 0.00000306. The average molecular weight is 563 g/mol. The smallest absolute Gasteiger partial charge is 0.191 e. The third-order valence-electron chi connectivity index (χ3n) is 6.03. The Morgan fingerprint density at radius 1 is 1.18 bits per heavy atom. The fourth-order valence-electron chi connectivity index (χ4n) is 4.19. The molecular formula is C25H34IN5O2. The number of para-hydroxylation sites is 1. The summed E-state index contributed by atoms with van der Waals surface area (Å²) in [5, 5.41) is 11.6. The molecule has 33 heavy (non-hydrogen) atoms. The predicted octanol–water partition coefficient (Wildman–Crippen LogP) is 4.48. The Morgan fingerprint density at radius 2 is 2.03 bits per heavy atom. The molecule has 0 spiro atoms. The number of furan rings is 1. The number of fused-ring (bicyclic) bond motifs is 1. The van der Waals surface area contributed by atoms with Crippen molar-refractivity contribution in [3.63, 3.8) is 0 Å². The molecule has 0 saturated heterocycles. The zero-order valence-corrected chi connectivity index (χ0v) is 22.0. The van der Waals surface area contributed by atoms with Crippen LogP contribution in [0.5, 0.6) is 5.75 Å². The quantitative estimate of drug-likeness (QED) is 0.183. The second-order valence-corrected chi connectivity index (χ2v) is 8.23. The van der Waals surface area contributed by atoms with Crippen molar-refractivity contribution in [2.75, 3.05) is 19.7 Å². The summed E-state index contributed by atoms with van der Waals surface area (Å²) in [4.78, 5) is 4.89. The maximum atomic E-state index is 5.82. The number of hydrogen-bond donors (Lipinski definition) is 2. The molecule has 1 aliphatic rings. The van der Waals surface area contributed by atoms with Crippen LogP contribution in [0.1, 0.15) is 47.2 Å². The summed E-state index contributed by atoms with van der Waals surface area (Å²) >= 11 is 0. The molecule has 3 aromatic rings. The summed E-state index contributed by atoms with van der Waals surface area (Å²) < 4.78 is 13.2. The zero-order chi connectivity index (χ0) is 22.3. The van der Waals surface area contributed by atoms with Gasteiger partial charge in [-0.1, -0.05) is 18.2 Å². The van der Waals surface area contributed by atoms with Crippen LogP contribution < -0.4 is 15.4 Å². The van der Waals surface area contributed by atoms with Crippen LogP contribution in [0, 0.1) is 13.8 Å². The van der Waals surface area contributed by atoms with Crippen molar-refractivity contribution in [1.82, 2.24) is 20.4 Å². The summed E-state index contributed by atoms with van der Waals surface area (Å²) in [7, 11) is 2.00. The highest BCUT2D eigenvalue weighted by molar-refractivity contribution is 14.0. The Morgan fingerprint density at radius 3 is 2.79 bits per heavy atom. The first-order chi connectivity index (χ1) is 15.6. The fourth-order valence-corrected chi connectivity index (χ4v) is 4.19. The standard InChI is InChI=1S/C25H33N5O2.HI/c1-18-21(19(2)30(3)29-18)10-6-14-26-25(27-15-12-20-8-7-16-31-20)28-23-13-17-32-24-11-5-4-9-22(23)24;/h4-5,7-9,11,16,23H,6,10,12-15,17H2,1-3H3,(H2,26,27,28);1H. The van der Waals surface area contributed by atoms with Gasteiger partial charge in [0.05, 0.1) is 24.6 Å². The van der Waals surface area contributed by atoms with Gasteiger partial charge in [-0.2, -0.15) is 5.10 Å². The predicted molar refractivity (Wildman–Crippen MR) is 142 cm³/mol. The summed E-state index contributed by atoms with van der Waals surface area (Å²) in [6, 6.07) is 12.3. The van der Waals surface area contributed by atoms with Crippen LogP contribution in [-0.2, 0) is 19.9 Å². The number of nitrogens with zero attached hydrogens (tertiary/aromatic N) is 3. The highest BCUT2D eigenvalue weighted by Gasteiger charge is 2.22. The molecule has 2 N–H and O–H groups in total. The number of aryl methyl sites for hydroxylation is 2. The fraction of sp³-hybridized carbons (Fsp3) is 0.440. The lowest BCUT2D eigenvalue weighted by Gasteiger charge is -2.28. The second-order valence-electron chi connectivity index (χ2n) is 8.23. The minimum atomic E-state index is 0. The molecule has 1 unspecified atom stereocenters. The number of hydrogen-bond acceptors (Lipinski definition) is 4. The van der Waals surface area contributed by atoms with Gasteiger partial charge in [-0.3, -0.25) is 9.67 Å². The van der Waals surface area contributed by atoms with Crippen LogP contribution in [0.15, 0.2) is 52.1 Å². The highest BCUT2D eigenvalue weighted by atomic mass is 127. The van der Waals surface area contributed by atoms with Gasteiger partial charge < -0.3 is 19.8 Å². The van der Waals surface area contributed by atoms with E-state index in [0.29, 0.717) is 6.61 Å². The van der Waals surface area contributed by atoms with E-state index in [1.807, 2.05) is 36.0 Å². The van der Waals surface area contributed by atoms with Gasteiger partial charge >= 0.3 is 0 Å². The summed E-state index contributed by atoms with van der Waals surface area (Å²) in [5.74, 6) is 2.75. The van der Waals surface area contributed by atoms with Crippen molar-refractivity contribution in [3.05, 3.63) is 70.9 Å². The van der Waals surface area contributed by atoms with E-state index in [9.17, 15) is 0 Å². The van der Waals surface area contributed by atoms with Crippen LogP contribution in [0.3, 0.4) is 0 Å². The number of guanidine groups is 1. The maximum absolute atomic E-state index is 5.82. The number of rotatable bonds is 8. The number of halogens is 1. The Labute approximate surface area is 213 Å². The highest BCUT2D eigenvalue weighted by Crippen LogP contribution is 2.31. The van der Waals surface area contributed by atoms with Crippen molar-refractivity contribution >= 4 is 29.9 Å². The Bertz CT molecular complexity index is 1050. The molecule has 0 bridgehead atoms. The minimum Gasteiger partial charge on any atom is -0.493 e. The van der Waals surface area contributed by atoms with Crippen LogP contribution >= 0.6 is 24.0 Å². The van der Waals surface area contributed by atoms with Gasteiger partial charge in [0.2, 0.25) is 0 Å². The molecule has 4 rings (SSSR count). The van der Waals surface area contributed by atoms with E-state index in [1.165, 1.54) is 16.8 Å². The van der Waals surface area contributed by atoms with E-state index in [0.717, 1.165) is 61.9 Å². The SMILES string of the molecule is Cc1nn(C)c(C)c1CCCN=C(NCCc1ccco1)NC1CCOc2ccccc21.I. The van der Waals surface area contributed by atoms with Crippen molar-refractivity contribution in [2.24, 2.45) is 12.0 Å². The first-order valence-corrected chi connectivity index (χ1v) is 11.4. The largest absolute Gasteiger partial charge is 0.493 e. The van der Waals surface area contributed by atoms with Gasteiger partial charge in [0.1, 0.15) is 11.5 Å². The van der Waals surface area contributed by atoms with Crippen LogP contribution in [0.2, 0.25) is 0 Å². The van der Waals surface area contributed by atoms with Gasteiger partial charge in [-0.25, -0.2) is 0 Å². The van der Waals surface area contributed by atoms with E-state index < -0.39 is 0 Å². The van der Waals surface area contributed by atoms with Gasteiger partial charge in [0.25, 0.3) is 0 Å². The number of nitrogens with one attached hydrogen (secondary N) is 2. The number of benzene rings is 1. The van der Waals surface area contributed by atoms with Crippen molar-refractivity contribution in [1.29, 1.82) is 0 Å². The third kappa shape index (κ3) is 6.52. The lowest BCUT2D eigenvalue weighted by atomic mass is 10.0. The lowest BCUT2D eigenvalue weighted by Crippen LogP contribution is -2.42. The van der Waals surface area contributed by atoms with Crippen LogP contribution in [-0.4, -0.2) is 35.4 Å². The molecule has 0 saturated carbocycles. The monoisotopic (exact) mass is 563 g/mol. The normalized spacial score (nSPS) is 15.4. The first-order valence-electron chi connectivity index (χ1n) is 11.4. The average Bonchev–Trinajstić information content (AvgIpc) is 3.40. The van der Waals surface area contributed by atoms with Gasteiger partial charge in [-0.15, -0.1) is 24.0 Å². The zero-order valence-electron chi connectivity index (χ0n) is 19.6. The molecule has 2 aromatic heterocycles. The van der Waals surface area contributed by atoms with E-state index in [4.69, 9.17) is 14.1 Å². The molecule has 1 atom stereocenters. The van der Waals surface area contributed by atoms with Crippen molar-refractivity contribution < 1.29 is 9.15 Å².